The predicted molar refractivity (Wildman–Crippen MR) is 61.9 cm³/mol. The van der Waals surface area contributed by atoms with E-state index in [9.17, 15) is 9.59 Å². The molecule has 0 spiro atoms. The number of fused-ring (bicyclic) bond motifs is 1. The van der Waals surface area contributed by atoms with Crippen LogP contribution in [0.3, 0.4) is 0 Å². The molecule has 84 valence electrons. The van der Waals surface area contributed by atoms with Crippen molar-refractivity contribution in [2.24, 2.45) is 0 Å². The molecular formula is C14H10O3. The summed E-state index contributed by atoms with van der Waals surface area (Å²) in [6.07, 6.45) is 1.72. The molecule has 3 rings (SSSR count). The standard InChI is InChI=1S/C14H10O3/c15-8-13-3-4-14(17-13)10-2-1-9-6-12(16)7-11(9)5-10/h1-5,8H,6-7H2. The van der Waals surface area contributed by atoms with E-state index < -0.39 is 0 Å². The molecule has 0 atom stereocenters. The first-order chi connectivity index (χ1) is 8.26. The van der Waals surface area contributed by atoms with Crippen LogP contribution in [0, 0.1) is 0 Å². The minimum atomic E-state index is 0.255. The molecule has 0 unspecified atom stereocenters. The molecule has 0 N–H and O–H groups in total. The predicted octanol–water partition coefficient (Wildman–Crippen LogP) is 2.43. The number of hydrogen-bond donors (Lipinski definition) is 0. The Morgan fingerprint density at radius 2 is 1.88 bits per heavy atom. The molecule has 2 aromatic rings. The van der Waals surface area contributed by atoms with Crippen LogP contribution >= 0.6 is 0 Å². The summed E-state index contributed by atoms with van der Waals surface area (Å²) in [4.78, 5) is 21.9. The average molecular weight is 226 g/mol. The second kappa shape index (κ2) is 3.70. The van der Waals surface area contributed by atoms with Gasteiger partial charge in [-0.2, -0.15) is 0 Å². The minimum Gasteiger partial charge on any atom is -0.453 e. The first-order valence-electron chi connectivity index (χ1n) is 5.45. The second-order valence-corrected chi connectivity index (χ2v) is 4.20. The molecule has 0 radical (unpaired) electrons. The molecule has 3 nitrogen and oxygen atoms in total. The fourth-order valence-corrected chi connectivity index (χ4v) is 2.17. The lowest BCUT2D eigenvalue weighted by atomic mass is 10.1. The van der Waals surface area contributed by atoms with Crippen molar-refractivity contribution in [3.05, 3.63) is 47.2 Å². The van der Waals surface area contributed by atoms with Gasteiger partial charge in [0.05, 0.1) is 0 Å². The summed E-state index contributed by atoms with van der Waals surface area (Å²) >= 11 is 0. The molecule has 0 amide bonds. The van der Waals surface area contributed by atoms with E-state index in [1.807, 2.05) is 18.2 Å². The number of furan rings is 1. The normalized spacial score (nSPS) is 13.8. The molecule has 1 aromatic carbocycles. The molecule has 1 heterocycles. The molecule has 1 aliphatic rings. The molecule has 1 aliphatic carbocycles. The SMILES string of the molecule is O=Cc1ccc(-c2ccc3c(c2)CC(=O)C3)o1. The van der Waals surface area contributed by atoms with E-state index in [1.54, 1.807) is 12.1 Å². The third-order valence-electron chi connectivity index (χ3n) is 3.01. The highest BCUT2D eigenvalue weighted by Crippen LogP contribution is 2.27. The number of Topliss-reactive ketones (excluding diaryl/α,β-unsaturated/α-hetero) is 1. The lowest BCUT2D eigenvalue weighted by molar-refractivity contribution is -0.117. The smallest absolute Gasteiger partial charge is 0.185 e. The molecule has 0 saturated carbocycles. The Hall–Kier alpha value is -2.16. The Kier molecular flexibility index (Phi) is 2.18. The lowest BCUT2D eigenvalue weighted by Gasteiger charge is -2.01. The number of carbonyl (C=O) groups excluding carboxylic acids is 2. The Bertz CT molecular complexity index is 608. The monoisotopic (exact) mass is 226 g/mol. The molecule has 0 aliphatic heterocycles. The number of carbonyl (C=O) groups is 2. The molecule has 0 saturated heterocycles. The van der Waals surface area contributed by atoms with E-state index in [4.69, 9.17) is 4.42 Å². The van der Waals surface area contributed by atoms with Gasteiger partial charge in [-0.15, -0.1) is 0 Å². The van der Waals surface area contributed by atoms with Gasteiger partial charge in [-0.25, -0.2) is 0 Å². The van der Waals surface area contributed by atoms with Crippen LogP contribution in [0.2, 0.25) is 0 Å². The van der Waals surface area contributed by atoms with E-state index >= 15 is 0 Å². The Morgan fingerprint density at radius 1 is 1.06 bits per heavy atom. The molecule has 0 bridgehead atoms. The third-order valence-corrected chi connectivity index (χ3v) is 3.01. The van der Waals surface area contributed by atoms with Crippen molar-refractivity contribution in [3.63, 3.8) is 0 Å². The third kappa shape index (κ3) is 1.69. The summed E-state index contributed by atoms with van der Waals surface area (Å²) in [6, 6.07) is 9.25. The maximum absolute atomic E-state index is 11.3. The second-order valence-electron chi connectivity index (χ2n) is 4.20. The fourth-order valence-electron chi connectivity index (χ4n) is 2.17. The maximum atomic E-state index is 11.3. The largest absolute Gasteiger partial charge is 0.453 e. The van der Waals surface area contributed by atoms with Crippen LogP contribution in [0.25, 0.3) is 11.3 Å². The van der Waals surface area contributed by atoms with E-state index in [2.05, 4.69) is 0 Å². The van der Waals surface area contributed by atoms with Crippen molar-refractivity contribution in [1.82, 2.24) is 0 Å². The van der Waals surface area contributed by atoms with Gasteiger partial charge >= 0.3 is 0 Å². The Morgan fingerprint density at radius 3 is 2.65 bits per heavy atom. The van der Waals surface area contributed by atoms with Crippen molar-refractivity contribution < 1.29 is 14.0 Å². The van der Waals surface area contributed by atoms with Gasteiger partial charge in [0, 0.05) is 18.4 Å². The summed E-state index contributed by atoms with van der Waals surface area (Å²) < 4.78 is 5.35. The van der Waals surface area contributed by atoms with Crippen LogP contribution in [-0.4, -0.2) is 12.1 Å². The van der Waals surface area contributed by atoms with E-state index in [1.165, 1.54) is 0 Å². The number of aldehydes is 1. The highest BCUT2D eigenvalue weighted by Gasteiger charge is 2.19. The van der Waals surface area contributed by atoms with Gasteiger partial charge in [0.15, 0.2) is 12.0 Å². The summed E-state index contributed by atoms with van der Waals surface area (Å²) in [6.45, 7) is 0. The first kappa shape index (κ1) is 10.0. The topological polar surface area (TPSA) is 47.3 Å². The van der Waals surface area contributed by atoms with E-state index in [0.29, 0.717) is 30.6 Å². The Labute approximate surface area is 98.1 Å². The van der Waals surface area contributed by atoms with Gasteiger partial charge < -0.3 is 4.42 Å². The molecule has 3 heteroatoms. The van der Waals surface area contributed by atoms with Crippen molar-refractivity contribution in [1.29, 1.82) is 0 Å². The quantitative estimate of drug-likeness (QED) is 0.739. The lowest BCUT2D eigenvalue weighted by Crippen LogP contribution is -1.92. The van der Waals surface area contributed by atoms with Gasteiger partial charge in [0.2, 0.25) is 0 Å². The van der Waals surface area contributed by atoms with Crippen LogP contribution in [0.15, 0.2) is 34.7 Å². The van der Waals surface area contributed by atoms with Crippen molar-refractivity contribution in [3.8, 4) is 11.3 Å². The van der Waals surface area contributed by atoms with Crippen LogP contribution in [0.1, 0.15) is 21.7 Å². The average Bonchev–Trinajstić information content (AvgIpc) is 2.92. The number of hydrogen-bond acceptors (Lipinski definition) is 3. The van der Waals surface area contributed by atoms with E-state index in [-0.39, 0.29) is 5.78 Å². The fraction of sp³-hybridized carbons (Fsp3) is 0.143. The summed E-state index contributed by atoms with van der Waals surface area (Å²) in [7, 11) is 0. The summed E-state index contributed by atoms with van der Waals surface area (Å²) in [5, 5.41) is 0. The zero-order valence-corrected chi connectivity index (χ0v) is 9.10. The summed E-state index contributed by atoms with van der Waals surface area (Å²) in [5.74, 6) is 1.23. The van der Waals surface area contributed by atoms with Gasteiger partial charge in [-0.1, -0.05) is 12.1 Å². The van der Waals surface area contributed by atoms with Crippen LogP contribution in [0.5, 0.6) is 0 Å². The Balaban J connectivity index is 2.02. The van der Waals surface area contributed by atoms with Crippen molar-refractivity contribution >= 4 is 12.1 Å². The van der Waals surface area contributed by atoms with Crippen LogP contribution in [0.4, 0.5) is 0 Å². The van der Waals surface area contributed by atoms with Gasteiger partial charge in [-0.3, -0.25) is 9.59 Å². The number of benzene rings is 1. The first-order valence-corrected chi connectivity index (χ1v) is 5.45. The summed E-state index contributed by atoms with van der Waals surface area (Å²) in [5.41, 5.74) is 3.07. The number of rotatable bonds is 2. The molecular weight excluding hydrogens is 216 g/mol. The van der Waals surface area contributed by atoms with Crippen molar-refractivity contribution in [2.75, 3.05) is 0 Å². The minimum absolute atomic E-state index is 0.255. The van der Waals surface area contributed by atoms with Crippen LogP contribution in [-0.2, 0) is 17.6 Å². The van der Waals surface area contributed by atoms with Crippen molar-refractivity contribution in [2.45, 2.75) is 12.8 Å². The van der Waals surface area contributed by atoms with Gasteiger partial charge in [0.25, 0.3) is 0 Å². The molecule has 1 aromatic heterocycles. The zero-order valence-electron chi connectivity index (χ0n) is 9.10. The number of ketones is 1. The van der Waals surface area contributed by atoms with E-state index in [0.717, 1.165) is 16.7 Å². The highest BCUT2D eigenvalue weighted by atomic mass is 16.3. The van der Waals surface area contributed by atoms with Crippen LogP contribution < -0.4 is 0 Å². The van der Waals surface area contributed by atoms with Gasteiger partial charge in [-0.05, 0) is 29.3 Å². The maximum Gasteiger partial charge on any atom is 0.185 e. The van der Waals surface area contributed by atoms with Gasteiger partial charge in [0.1, 0.15) is 11.5 Å². The molecule has 17 heavy (non-hydrogen) atoms. The zero-order chi connectivity index (χ0) is 11.8. The highest BCUT2D eigenvalue weighted by molar-refractivity contribution is 5.88. The molecule has 0 fully saturated rings.